The Hall–Kier alpha value is -4.84. The van der Waals surface area contributed by atoms with Crippen molar-refractivity contribution < 1.29 is 18.7 Å². The summed E-state index contributed by atoms with van der Waals surface area (Å²) in [5.74, 6) is -0.439. The molecule has 0 aliphatic rings. The topological polar surface area (TPSA) is 80.6 Å². The third-order valence-corrected chi connectivity index (χ3v) is 5.89. The van der Waals surface area contributed by atoms with E-state index in [0.29, 0.717) is 22.7 Å². The molecule has 6 heteroatoms. The number of rotatable bonds is 7. The van der Waals surface area contributed by atoms with Gasteiger partial charge in [-0.1, -0.05) is 78.9 Å². The SMILES string of the molecule is COc1cc(NC(=O)C(c2ccccc2)c2ccccc2)ccc1NC(=O)c1cc2ccccc2o1. The highest BCUT2D eigenvalue weighted by molar-refractivity contribution is 6.05. The maximum Gasteiger partial charge on any atom is 0.291 e. The number of anilines is 2. The molecule has 0 aliphatic heterocycles. The lowest BCUT2D eigenvalue weighted by Crippen LogP contribution is -2.22. The number of ether oxygens (including phenoxy) is 1. The summed E-state index contributed by atoms with van der Waals surface area (Å²) in [5.41, 5.74) is 3.43. The number of methoxy groups -OCH3 is 1. The zero-order valence-electron chi connectivity index (χ0n) is 19.6. The summed E-state index contributed by atoms with van der Waals surface area (Å²) >= 11 is 0. The maximum atomic E-state index is 13.4. The van der Waals surface area contributed by atoms with Gasteiger partial charge in [-0.3, -0.25) is 9.59 Å². The summed E-state index contributed by atoms with van der Waals surface area (Å²) in [5, 5.41) is 6.66. The quantitative estimate of drug-likeness (QED) is 0.282. The molecule has 0 unspecified atom stereocenters. The summed E-state index contributed by atoms with van der Waals surface area (Å²) < 4.78 is 11.1. The van der Waals surface area contributed by atoms with Crippen molar-refractivity contribution in [3.05, 3.63) is 126 Å². The largest absolute Gasteiger partial charge is 0.494 e. The summed E-state index contributed by atoms with van der Waals surface area (Å²) in [6, 6.07) is 33.5. The molecule has 5 rings (SSSR count). The van der Waals surface area contributed by atoms with Crippen LogP contribution in [0.4, 0.5) is 11.4 Å². The molecule has 4 aromatic carbocycles. The number of carbonyl (C=O) groups excluding carboxylic acids is 2. The van der Waals surface area contributed by atoms with Gasteiger partial charge < -0.3 is 19.8 Å². The minimum Gasteiger partial charge on any atom is -0.494 e. The highest BCUT2D eigenvalue weighted by atomic mass is 16.5. The van der Waals surface area contributed by atoms with Crippen LogP contribution >= 0.6 is 0 Å². The molecule has 5 aromatic rings. The molecule has 1 heterocycles. The summed E-state index contributed by atoms with van der Waals surface area (Å²) in [6.45, 7) is 0. The van der Waals surface area contributed by atoms with Gasteiger partial charge in [0.05, 0.1) is 18.7 Å². The Morgan fingerprint density at radius 1 is 0.750 bits per heavy atom. The number of fused-ring (bicyclic) bond motifs is 1. The lowest BCUT2D eigenvalue weighted by molar-refractivity contribution is -0.116. The van der Waals surface area contributed by atoms with Gasteiger partial charge in [0.2, 0.25) is 5.91 Å². The van der Waals surface area contributed by atoms with Gasteiger partial charge >= 0.3 is 0 Å². The highest BCUT2D eigenvalue weighted by Gasteiger charge is 2.23. The maximum absolute atomic E-state index is 13.4. The van der Waals surface area contributed by atoms with Gasteiger partial charge in [-0.05, 0) is 35.4 Å². The minimum absolute atomic E-state index is 0.173. The van der Waals surface area contributed by atoms with Gasteiger partial charge in [0.15, 0.2) is 5.76 Å². The molecule has 36 heavy (non-hydrogen) atoms. The standard InChI is InChI=1S/C30H24N2O4/c1-35-26-19-23(16-17-24(26)32-29(33)27-18-22-14-8-9-15-25(22)36-27)31-30(34)28(20-10-4-2-5-11-20)21-12-6-3-7-13-21/h2-19,28H,1H3,(H,31,34)(H,32,33). The molecule has 6 nitrogen and oxygen atoms in total. The van der Waals surface area contributed by atoms with Crippen molar-refractivity contribution >= 4 is 34.2 Å². The van der Waals surface area contributed by atoms with Gasteiger partial charge in [-0.15, -0.1) is 0 Å². The molecule has 0 atom stereocenters. The number of furan rings is 1. The summed E-state index contributed by atoms with van der Waals surface area (Å²) in [6.07, 6.45) is 0. The first-order valence-corrected chi connectivity index (χ1v) is 11.5. The lowest BCUT2D eigenvalue weighted by atomic mass is 9.90. The second-order valence-corrected chi connectivity index (χ2v) is 8.26. The minimum atomic E-state index is -0.481. The van der Waals surface area contributed by atoms with E-state index >= 15 is 0 Å². The van der Waals surface area contributed by atoms with Crippen molar-refractivity contribution in [2.45, 2.75) is 5.92 Å². The third kappa shape index (κ3) is 4.83. The smallest absolute Gasteiger partial charge is 0.291 e. The van der Waals surface area contributed by atoms with Crippen LogP contribution in [0.15, 0.2) is 114 Å². The van der Waals surface area contributed by atoms with Crippen molar-refractivity contribution in [2.75, 3.05) is 17.7 Å². The second kappa shape index (κ2) is 10.2. The van der Waals surface area contributed by atoms with E-state index in [9.17, 15) is 9.59 Å². The molecule has 0 aliphatic carbocycles. The van der Waals surface area contributed by atoms with E-state index in [2.05, 4.69) is 10.6 Å². The molecule has 0 saturated heterocycles. The van der Waals surface area contributed by atoms with Crippen LogP contribution < -0.4 is 15.4 Å². The van der Waals surface area contributed by atoms with Gasteiger partial charge in [0.25, 0.3) is 5.91 Å². The van der Waals surface area contributed by atoms with Crippen LogP contribution in [0.3, 0.4) is 0 Å². The predicted octanol–water partition coefficient (Wildman–Crippen LogP) is 6.46. The first-order valence-electron chi connectivity index (χ1n) is 11.5. The van der Waals surface area contributed by atoms with E-state index in [0.717, 1.165) is 16.5 Å². The molecular weight excluding hydrogens is 452 g/mol. The van der Waals surface area contributed by atoms with Crippen LogP contribution in [0.1, 0.15) is 27.6 Å². The van der Waals surface area contributed by atoms with Gasteiger partial charge in [-0.25, -0.2) is 0 Å². The van der Waals surface area contributed by atoms with Crippen LogP contribution in [-0.4, -0.2) is 18.9 Å². The fourth-order valence-corrected chi connectivity index (χ4v) is 4.15. The highest BCUT2D eigenvalue weighted by Crippen LogP contribution is 2.31. The zero-order chi connectivity index (χ0) is 24.9. The van der Waals surface area contributed by atoms with Crippen LogP contribution in [0, 0.1) is 0 Å². The third-order valence-electron chi connectivity index (χ3n) is 5.89. The molecule has 0 saturated carbocycles. The Morgan fingerprint density at radius 2 is 1.39 bits per heavy atom. The fraction of sp³-hybridized carbons (Fsp3) is 0.0667. The molecule has 178 valence electrons. The Labute approximate surface area is 208 Å². The van der Waals surface area contributed by atoms with E-state index < -0.39 is 11.8 Å². The van der Waals surface area contributed by atoms with E-state index in [1.54, 1.807) is 24.3 Å². The molecule has 0 spiro atoms. The Bertz CT molecular complexity index is 1440. The van der Waals surface area contributed by atoms with Crippen LogP contribution in [0.25, 0.3) is 11.0 Å². The van der Waals surface area contributed by atoms with E-state index in [-0.39, 0.29) is 11.7 Å². The summed E-state index contributed by atoms with van der Waals surface area (Å²) in [7, 11) is 1.51. The second-order valence-electron chi connectivity index (χ2n) is 8.26. The zero-order valence-corrected chi connectivity index (χ0v) is 19.6. The molecule has 0 bridgehead atoms. The average molecular weight is 477 g/mol. The number of carbonyl (C=O) groups is 2. The molecular formula is C30H24N2O4. The predicted molar refractivity (Wildman–Crippen MR) is 141 cm³/mol. The van der Waals surface area contributed by atoms with Crippen LogP contribution in [-0.2, 0) is 4.79 Å². The van der Waals surface area contributed by atoms with Gasteiger partial charge in [-0.2, -0.15) is 0 Å². The molecule has 0 radical (unpaired) electrons. The van der Waals surface area contributed by atoms with Gasteiger partial charge in [0, 0.05) is 17.1 Å². The van der Waals surface area contributed by atoms with Crippen molar-refractivity contribution in [1.29, 1.82) is 0 Å². The number of nitrogens with one attached hydrogen (secondary N) is 2. The Kier molecular flexibility index (Phi) is 6.49. The summed E-state index contributed by atoms with van der Waals surface area (Å²) in [4.78, 5) is 26.2. The van der Waals surface area contributed by atoms with Crippen LogP contribution in [0.5, 0.6) is 5.75 Å². The monoisotopic (exact) mass is 476 g/mol. The molecule has 2 N–H and O–H groups in total. The first kappa shape index (κ1) is 22.9. The number of amides is 2. The fourth-order valence-electron chi connectivity index (χ4n) is 4.15. The number of hydrogen-bond donors (Lipinski definition) is 2. The van der Waals surface area contributed by atoms with E-state index in [1.807, 2.05) is 84.9 Å². The number of benzene rings is 4. The van der Waals surface area contributed by atoms with E-state index in [4.69, 9.17) is 9.15 Å². The van der Waals surface area contributed by atoms with E-state index in [1.165, 1.54) is 7.11 Å². The number of para-hydroxylation sites is 1. The Morgan fingerprint density at radius 3 is 2.03 bits per heavy atom. The molecule has 2 amide bonds. The van der Waals surface area contributed by atoms with Gasteiger partial charge in [0.1, 0.15) is 11.3 Å². The average Bonchev–Trinajstić information content (AvgIpc) is 3.36. The van der Waals surface area contributed by atoms with Crippen LogP contribution in [0.2, 0.25) is 0 Å². The molecule has 1 aromatic heterocycles. The number of hydrogen-bond acceptors (Lipinski definition) is 4. The lowest BCUT2D eigenvalue weighted by Gasteiger charge is -2.19. The van der Waals surface area contributed by atoms with Crippen molar-refractivity contribution in [3.63, 3.8) is 0 Å². The van der Waals surface area contributed by atoms with Crippen molar-refractivity contribution in [2.24, 2.45) is 0 Å². The Balaban J connectivity index is 1.36. The molecule has 0 fully saturated rings. The van der Waals surface area contributed by atoms with Crippen molar-refractivity contribution in [3.8, 4) is 5.75 Å². The van der Waals surface area contributed by atoms with Crippen molar-refractivity contribution in [1.82, 2.24) is 0 Å². The normalized spacial score (nSPS) is 10.8. The first-order chi connectivity index (χ1) is 17.6.